The lowest BCUT2D eigenvalue weighted by molar-refractivity contribution is -0.138. The van der Waals surface area contributed by atoms with Crippen molar-refractivity contribution in [2.24, 2.45) is 23.7 Å². The lowest BCUT2D eigenvalue weighted by Crippen LogP contribution is -2.13. The molecule has 0 heterocycles. The summed E-state index contributed by atoms with van der Waals surface area (Å²) >= 11 is 0. The molecule has 0 amide bonds. The van der Waals surface area contributed by atoms with E-state index in [0.717, 1.165) is 62.2 Å². The third kappa shape index (κ3) is 15.9. The molecule has 0 aliphatic carbocycles. The summed E-state index contributed by atoms with van der Waals surface area (Å²) in [5.74, 6) is 1.65. The van der Waals surface area contributed by atoms with Gasteiger partial charge in [-0.25, -0.2) is 0 Å². The molecule has 0 aliphatic heterocycles. The minimum atomic E-state index is -0.677. The largest absolute Gasteiger partial charge is 0.481 e. The van der Waals surface area contributed by atoms with Crippen LogP contribution in [0.25, 0.3) is 0 Å². The third-order valence-electron chi connectivity index (χ3n) is 6.62. The number of unbranched alkanes of at least 4 members (excludes halogenated alkanes) is 6. The molecule has 0 bridgehead atoms. The topological polar surface area (TPSA) is 74.6 Å². The first-order valence-electron chi connectivity index (χ1n) is 11.7. The molecular formula is C24H46O4. The fraction of sp³-hybridized carbons (Fsp3) is 0.917. The summed E-state index contributed by atoms with van der Waals surface area (Å²) in [5, 5.41) is 17.3. The number of rotatable bonds is 19. The van der Waals surface area contributed by atoms with Gasteiger partial charge in [-0.1, -0.05) is 91.9 Å². The average Bonchev–Trinajstić information content (AvgIpc) is 2.63. The van der Waals surface area contributed by atoms with Crippen LogP contribution >= 0.6 is 0 Å². The standard InChI is InChI=1S/C24H46O4/c1-19(13-9-5-7-11-15-23(25)26)21(3)17-18-22(4)20(2)14-10-6-8-12-16-24(27)28/h19-22H,5-18H2,1-4H3,(H,25,26)(H,27,28). The number of carbonyl (C=O) groups is 2. The third-order valence-corrected chi connectivity index (χ3v) is 6.62. The normalized spacial score (nSPS) is 15.7. The number of carboxylic acid groups (broad SMARTS) is 2. The van der Waals surface area contributed by atoms with Crippen molar-refractivity contribution in [2.75, 3.05) is 0 Å². The second-order valence-corrected chi connectivity index (χ2v) is 9.18. The number of hydrogen-bond acceptors (Lipinski definition) is 2. The Morgan fingerprint density at radius 2 is 0.786 bits per heavy atom. The van der Waals surface area contributed by atoms with Gasteiger partial charge in [0.1, 0.15) is 0 Å². The van der Waals surface area contributed by atoms with Crippen molar-refractivity contribution in [3.63, 3.8) is 0 Å². The van der Waals surface area contributed by atoms with Gasteiger partial charge in [-0.3, -0.25) is 9.59 Å². The molecule has 28 heavy (non-hydrogen) atoms. The van der Waals surface area contributed by atoms with Crippen molar-refractivity contribution >= 4 is 11.9 Å². The van der Waals surface area contributed by atoms with Gasteiger partial charge in [0.2, 0.25) is 0 Å². The summed E-state index contributed by atoms with van der Waals surface area (Å²) in [6.45, 7) is 9.50. The van der Waals surface area contributed by atoms with Crippen molar-refractivity contribution in [3.05, 3.63) is 0 Å². The minimum absolute atomic E-state index is 0.310. The predicted molar refractivity (Wildman–Crippen MR) is 117 cm³/mol. The first-order chi connectivity index (χ1) is 13.2. The molecule has 4 heteroatoms. The highest BCUT2D eigenvalue weighted by atomic mass is 16.4. The van der Waals surface area contributed by atoms with E-state index in [2.05, 4.69) is 27.7 Å². The molecule has 0 fully saturated rings. The minimum Gasteiger partial charge on any atom is -0.481 e. The van der Waals surface area contributed by atoms with E-state index in [1.165, 1.54) is 38.5 Å². The molecule has 0 aromatic heterocycles. The van der Waals surface area contributed by atoms with E-state index in [9.17, 15) is 9.59 Å². The highest BCUT2D eigenvalue weighted by molar-refractivity contribution is 5.66. The molecule has 0 saturated heterocycles. The van der Waals surface area contributed by atoms with Crippen molar-refractivity contribution in [1.29, 1.82) is 0 Å². The van der Waals surface area contributed by atoms with Gasteiger partial charge in [0, 0.05) is 12.8 Å². The summed E-state index contributed by atoms with van der Waals surface area (Å²) < 4.78 is 0. The quantitative estimate of drug-likeness (QED) is 0.226. The molecule has 4 atom stereocenters. The Balaban J connectivity index is 3.74. The van der Waals surface area contributed by atoms with E-state index in [1.807, 2.05) is 0 Å². The SMILES string of the molecule is CC(CCCCCCC(=O)O)C(C)CCC(C)C(C)CCCCCCC(=O)O. The van der Waals surface area contributed by atoms with Crippen LogP contribution in [-0.4, -0.2) is 22.2 Å². The second kappa shape index (κ2) is 16.9. The van der Waals surface area contributed by atoms with Gasteiger partial charge in [-0.05, 0) is 36.5 Å². The van der Waals surface area contributed by atoms with E-state index in [1.54, 1.807) is 0 Å². The van der Waals surface area contributed by atoms with E-state index in [0.29, 0.717) is 12.8 Å². The smallest absolute Gasteiger partial charge is 0.303 e. The van der Waals surface area contributed by atoms with Gasteiger partial charge >= 0.3 is 11.9 Å². The maximum atomic E-state index is 10.5. The van der Waals surface area contributed by atoms with Gasteiger partial charge in [-0.15, -0.1) is 0 Å². The lowest BCUT2D eigenvalue weighted by Gasteiger charge is -2.24. The first-order valence-corrected chi connectivity index (χ1v) is 11.7. The number of aliphatic carboxylic acids is 2. The molecule has 4 nitrogen and oxygen atoms in total. The van der Waals surface area contributed by atoms with Crippen LogP contribution < -0.4 is 0 Å². The molecule has 0 aliphatic rings. The lowest BCUT2D eigenvalue weighted by atomic mass is 9.81. The van der Waals surface area contributed by atoms with Gasteiger partial charge in [0.25, 0.3) is 0 Å². The van der Waals surface area contributed by atoms with Crippen LogP contribution in [0, 0.1) is 23.7 Å². The zero-order valence-electron chi connectivity index (χ0n) is 18.9. The molecule has 0 aromatic rings. The van der Waals surface area contributed by atoms with Gasteiger partial charge in [0.05, 0.1) is 0 Å². The van der Waals surface area contributed by atoms with Gasteiger partial charge in [0.15, 0.2) is 0 Å². The molecule has 0 rings (SSSR count). The summed E-state index contributed by atoms with van der Waals surface area (Å²) in [6, 6.07) is 0. The van der Waals surface area contributed by atoms with Crippen molar-refractivity contribution in [2.45, 2.75) is 118 Å². The zero-order valence-corrected chi connectivity index (χ0v) is 18.9. The highest BCUT2D eigenvalue weighted by Crippen LogP contribution is 2.28. The van der Waals surface area contributed by atoms with Crippen LogP contribution in [0.2, 0.25) is 0 Å². The van der Waals surface area contributed by atoms with Crippen molar-refractivity contribution < 1.29 is 19.8 Å². The summed E-state index contributed by atoms with van der Waals surface area (Å²) in [6.07, 6.45) is 14.2. The molecule has 2 N–H and O–H groups in total. The van der Waals surface area contributed by atoms with Gasteiger partial charge < -0.3 is 10.2 Å². The fourth-order valence-electron chi connectivity index (χ4n) is 3.86. The molecular weight excluding hydrogens is 352 g/mol. The Morgan fingerprint density at radius 3 is 1.11 bits per heavy atom. The Morgan fingerprint density at radius 1 is 0.500 bits per heavy atom. The monoisotopic (exact) mass is 398 g/mol. The van der Waals surface area contributed by atoms with E-state index >= 15 is 0 Å². The Kier molecular flexibility index (Phi) is 16.2. The molecule has 0 saturated carbocycles. The molecule has 0 radical (unpaired) electrons. The highest BCUT2D eigenvalue weighted by Gasteiger charge is 2.16. The second-order valence-electron chi connectivity index (χ2n) is 9.18. The summed E-state index contributed by atoms with van der Waals surface area (Å²) in [7, 11) is 0. The van der Waals surface area contributed by atoms with Crippen molar-refractivity contribution in [1.82, 2.24) is 0 Å². The maximum absolute atomic E-state index is 10.5. The summed E-state index contributed by atoms with van der Waals surface area (Å²) in [5.41, 5.74) is 0. The maximum Gasteiger partial charge on any atom is 0.303 e. The molecule has 4 unspecified atom stereocenters. The molecule has 0 spiro atoms. The van der Waals surface area contributed by atoms with Crippen molar-refractivity contribution in [3.8, 4) is 0 Å². The molecule has 0 aromatic carbocycles. The van der Waals surface area contributed by atoms with Crippen LogP contribution in [0.5, 0.6) is 0 Å². The van der Waals surface area contributed by atoms with Gasteiger partial charge in [-0.2, -0.15) is 0 Å². The van der Waals surface area contributed by atoms with Crippen LogP contribution in [0.3, 0.4) is 0 Å². The predicted octanol–water partition coefficient (Wildman–Crippen LogP) is 7.16. The molecule has 166 valence electrons. The fourth-order valence-corrected chi connectivity index (χ4v) is 3.86. The number of hydrogen-bond donors (Lipinski definition) is 2. The van der Waals surface area contributed by atoms with Crippen LogP contribution in [0.1, 0.15) is 118 Å². The zero-order chi connectivity index (χ0) is 21.4. The Labute approximate surface area is 173 Å². The number of carboxylic acids is 2. The van der Waals surface area contributed by atoms with Crippen LogP contribution in [0.4, 0.5) is 0 Å². The Hall–Kier alpha value is -1.06. The van der Waals surface area contributed by atoms with E-state index < -0.39 is 11.9 Å². The summed E-state index contributed by atoms with van der Waals surface area (Å²) in [4.78, 5) is 21.0. The average molecular weight is 399 g/mol. The Bertz CT molecular complexity index is 369. The van der Waals surface area contributed by atoms with E-state index in [4.69, 9.17) is 10.2 Å². The van der Waals surface area contributed by atoms with E-state index in [-0.39, 0.29) is 0 Å². The van der Waals surface area contributed by atoms with Crippen LogP contribution in [-0.2, 0) is 9.59 Å². The first kappa shape index (κ1) is 26.9. The van der Waals surface area contributed by atoms with Crippen LogP contribution in [0.15, 0.2) is 0 Å².